The lowest BCUT2D eigenvalue weighted by Crippen LogP contribution is -2.52. The fraction of sp³-hybridized carbons (Fsp3) is 0.440. The lowest BCUT2D eigenvalue weighted by molar-refractivity contribution is -0.140. The van der Waals surface area contributed by atoms with Gasteiger partial charge in [-0.15, -0.1) is 0 Å². The Morgan fingerprint density at radius 2 is 1.73 bits per heavy atom. The highest BCUT2D eigenvalue weighted by Crippen LogP contribution is 2.19. The van der Waals surface area contributed by atoms with Crippen molar-refractivity contribution in [3.8, 4) is 0 Å². The van der Waals surface area contributed by atoms with E-state index in [2.05, 4.69) is 5.32 Å². The van der Waals surface area contributed by atoms with E-state index in [9.17, 15) is 18.0 Å². The number of amides is 2. The number of para-hydroxylation sites is 1. The van der Waals surface area contributed by atoms with Gasteiger partial charge >= 0.3 is 0 Å². The fourth-order valence-electron chi connectivity index (χ4n) is 3.64. The van der Waals surface area contributed by atoms with Crippen LogP contribution in [0, 0.1) is 6.92 Å². The van der Waals surface area contributed by atoms with E-state index in [4.69, 9.17) is 0 Å². The predicted molar refractivity (Wildman–Crippen MR) is 132 cm³/mol. The molecule has 1 atom stereocenters. The number of sulfonamides is 1. The first-order valence-electron chi connectivity index (χ1n) is 11.3. The van der Waals surface area contributed by atoms with Crippen LogP contribution in [0.15, 0.2) is 54.6 Å². The Morgan fingerprint density at radius 3 is 2.30 bits per heavy atom. The SMILES string of the molecule is CCCCNC(=O)C(CC)N(Cc1cccc(C)c1)C(=O)CN(c1ccccc1)S(C)(=O)=O. The van der Waals surface area contributed by atoms with Crippen LogP contribution in [0.1, 0.15) is 44.2 Å². The highest BCUT2D eigenvalue weighted by Gasteiger charge is 2.31. The van der Waals surface area contributed by atoms with Gasteiger partial charge in [-0.05, 0) is 37.5 Å². The number of rotatable bonds is 12. The maximum atomic E-state index is 13.5. The minimum atomic E-state index is -3.71. The zero-order chi connectivity index (χ0) is 24.4. The van der Waals surface area contributed by atoms with Crippen molar-refractivity contribution in [2.75, 3.05) is 23.7 Å². The Hall–Kier alpha value is -2.87. The first-order chi connectivity index (χ1) is 15.7. The Morgan fingerprint density at radius 1 is 1.03 bits per heavy atom. The van der Waals surface area contributed by atoms with Gasteiger partial charge in [0.2, 0.25) is 21.8 Å². The summed E-state index contributed by atoms with van der Waals surface area (Å²) in [4.78, 5) is 28.0. The monoisotopic (exact) mass is 473 g/mol. The van der Waals surface area contributed by atoms with E-state index < -0.39 is 22.0 Å². The van der Waals surface area contributed by atoms with Gasteiger partial charge < -0.3 is 10.2 Å². The van der Waals surface area contributed by atoms with Crippen molar-refractivity contribution in [3.05, 3.63) is 65.7 Å². The number of carbonyl (C=O) groups excluding carboxylic acids is 2. The molecule has 0 heterocycles. The van der Waals surface area contributed by atoms with Gasteiger partial charge in [0.1, 0.15) is 12.6 Å². The van der Waals surface area contributed by atoms with Crippen molar-refractivity contribution in [1.82, 2.24) is 10.2 Å². The first kappa shape index (κ1) is 26.4. The average molecular weight is 474 g/mol. The maximum absolute atomic E-state index is 13.5. The molecule has 0 saturated carbocycles. The standard InChI is InChI=1S/C25H35N3O4S/c1-5-7-16-26-25(30)23(6-2)27(18-21-13-11-12-20(3)17-21)24(29)19-28(33(4,31)32)22-14-9-8-10-15-22/h8-15,17,23H,5-7,16,18-19H2,1-4H3,(H,26,30). The van der Waals surface area contributed by atoms with Gasteiger partial charge in [0, 0.05) is 13.1 Å². The van der Waals surface area contributed by atoms with E-state index in [0.717, 1.165) is 34.5 Å². The molecule has 180 valence electrons. The number of benzene rings is 2. The molecule has 2 rings (SSSR count). The lowest BCUT2D eigenvalue weighted by Gasteiger charge is -2.33. The van der Waals surface area contributed by atoms with Gasteiger partial charge in [-0.3, -0.25) is 13.9 Å². The summed E-state index contributed by atoms with van der Waals surface area (Å²) in [5, 5.41) is 2.92. The first-order valence-corrected chi connectivity index (χ1v) is 13.2. The number of unbranched alkanes of at least 4 members (excludes halogenated alkanes) is 1. The van der Waals surface area contributed by atoms with Crippen LogP contribution in [0.5, 0.6) is 0 Å². The summed E-state index contributed by atoms with van der Waals surface area (Å²) in [5.41, 5.74) is 2.33. The molecule has 2 aromatic carbocycles. The van der Waals surface area contributed by atoms with Gasteiger partial charge in [0.25, 0.3) is 0 Å². The molecule has 0 aliphatic heterocycles. The molecular weight excluding hydrogens is 438 g/mol. The molecule has 0 spiro atoms. The van der Waals surface area contributed by atoms with Gasteiger partial charge in [-0.2, -0.15) is 0 Å². The smallest absolute Gasteiger partial charge is 0.244 e. The summed E-state index contributed by atoms with van der Waals surface area (Å²) in [6.45, 7) is 6.23. The summed E-state index contributed by atoms with van der Waals surface area (Å²) >= 11 is 0. The number of hydrogen-bond acceptors (Lipinski definition) is 4. The molecular formula is C25H35N3O4S. The lowest BCUT2D eigenvalue weighted by atomic mass is 10.1. The summed E-state index contributed by atoms with van der Waals surface area (Å²) in [6.07, 6.45) is 3.29. The minimum absolute atomic E-state index is 0.215. The van der Waals surface area contributed by atoms with E-state index in [1.165, 1.54) is 4.90 Å². The molecule has 8 heteroatoms. The molecule has 0 bridgehead atoms. The van der Waals surface area contributed by atoms with Crippen LogP contribution in [0.4, 0.5) is 5.69 Å². The molecule has 2 amide bonds. The molecule has 0 aromatic heterocycles. The third-order valence-corrected chi connectivity index (χ3v) is 6.51. The molecule has 0 aliphatic carbocycles. The number of nitrogens with one attached hydrogen (secondary N) is 1. The predicted octanol–water partition coefficient (Wildman–Crippen LogP) is 3.48. The largest absolute Gasteiger partial charge is 0.354 e. The number of hydrogen-bond donors (Lipinski definition) is 1. The molecule has 2 aromatic rings. The summed E-state index contributed by atoms with van der Waals surface area (Å²) in [6, 6.07) is 15.6. The van der Waals surface area contributed by atoms with Gasteiger partial charge in [0.05, 0.1) is 11.9 Å². The second-order valence-corrected chi connectivity index (χ2v) is 10.1. The van der Waals surface area contributed by atoms with E-state index in [1.54, 1.807) is 30.3 Å². The summed E-state index contributed by atoms with van der Waals surface area (Å²) in [7, 11) is -3.71. The quantitative estimate of drug-likeness (QED) is 0.478. The average Bonchev–Trinajstić information content (AvgIpc) is 2.77. The molecule has 7 nitrogen and oxygen atoms in total. The van der Waals surface area contributed by atoms with Crippen molar-refractivity contribution >= 4 is 27.5 Å². The third-order valence-electron chi connectivity index (χ3n) is 5.37. The summed E-state index contributed by atoms with van der Waals surface area (Å²) in [5.74, 6) is -0.652. The second-order valence-electron chi connectivity index (χ2n) is 8.18. The van der Waals surface area contributed by atoms with Crippen LogP contribution in [-0.2, 0) is 26.2 Å². The molecule has 1 unspecified atom stereocenters. The van der Waals surface area contributed by atoms with Crippen LogP contribution >= 0.6 is 0 Å². The second kappa shape index (κ2) is 12.4. The normalized spacial score (nSPS) is 12.1. The Bertz CT molecular complexity index is 1020. The zero-order valence-corrected chi connectivity index (χ0v) is 20.8. The molecule has 0 saturated heterocycles. The van der Waals surface area contributed by atoms with Crippen LogP contribution in [-0.4, -0.2) is 50.5 Å². The van der Waals surface area contributed by atoms with Crippen molar-refractivity contribution in [2.45, 2.75) is 52.6 Å². The fourth-order valence-corrected chi connectivity index (χ4v) is 4.49. The van der Waals surface area contributed by atoms with Crippen molar-refractivity contribution in [1.29, 1.82) is 0 Å². The van der Waals surface area contributed by atoms with Crippen LogP contribution in [0.3, 0.4) is 0 Å². The van der Waals surface area contributed by atoms with Crippen LogP contribution in [0.25, 0.3) is 0 Å². The molecule has 33 heavy (non-hydrogen) atoms. The molecule has 0 fully saturated rings. The number of nitrogens with zero attached hydrogens (tertiary/aromatic N) is 2. The van der Waals surface area contributed by atoms with E-state index in [-0.39, 0.29) is 19.0 Å². The zero-order valence-electron chi connectivity index (χ0n) is 20.0. The van der Waals surface area contributed by atoms with Crippen molar-refractivity contribution in [3.63, 3.8) is 0 Å². The van der Waals surface area contributed by atoms with Gasteiger partial charge in [0.15, 0.2) is 0 Å². The van der Waals surface area contributed by atoms with E-state index in [1.807, 2.05) is 45.0 Å². The Labute approximate surface area is 197 Å². The van der Waals surface area contributed by atoms with Crippen LogP contribution in [0.2, 0.25) is 0 Å². The van der Waals surface area contributed by atoms with Crippen molar-refractivity contribution in [2.24, 2.45) is 0 Å². The maximum Gasteiger partial charge on any atom is 0.244 e. The van der Waals surface area contributed by atoms with Crippen LogP contribution < -0.4 is 9.62 Å². The van der Waals surface area contributed by atoms with E-state index in [0.29, 0.717) is 18.7 Å². The Kier molecular flexibility index (Phi) is 9.91. The third kappa shape index (κ3) is 7.89. The van der Waals surface area contributed by atoms with Gasteiger partial charge in [-0.25, -0.2) is 8.42 Å². The number of anilines is 1. The highest BCUT2D eigenvalue weighted by atomic mass is 32.2. The highest BCUT2D eigenvalue weighted by molar-refractivity contribution is 7.92. The number of aryl methyl sites for hydroxylation is 1. The van der Waals surface area contributed by atoms with Gasteiger partial charge in [-0.1, -0.05) is 68.3 Å². The molecule has 0 radical (unpaired) electrons. The van der Waals surface area contributed by atoms with Crippen molar-refractivity contribution < 1.29 is 18.0 Å². The topological polar surface area (TPSA) is 86.8 Å². The summed E-state index contributed by atoms with van der Waals surface area (Å²) < 4.78 is 26.1. The molecule has 1 N–H and O–H groups in total. The number of carbonyl (C=O) groups is 2. The molecule has 0 aliphatic rings. The Balaban J connectivity index is 2.37. The minimum Gasteiger partial charge on any atom is -0.354 e. The van der Waals surface area contributed by atoms with E-state index >= 15 is 0 Å².